The average molecular weight is 411 g/mol. The molecule has 0 unspecified atom stereocenters. The van der Waals surface area contributed by atoms with E-state index in [1.54, 1.807) is 20.8 Å². The average Bonchev–Trinajstić information content (AvgIpc) is 2.65. The van der Waals surface area contributed by atoms with Crippen LogP contribution in [0.1, 0.15) is 27.7 Å². The number of nitriles is 1. The molecule has 1 aromatic carbocycles. The molecule has 10 heteroatoms. The van der Waals surface area contributed by atoms with Gasteiger partial charge in [-0.2, -0.15) is 9.98 Å². The van der Waals surface area contributed by atoms with E-state index in [4.69, 9.17) is 9.47 Å². The quantitative estimate of drug-likeness (QED) is 0.578. The van der Waals surface area contributed by atoms with Crippen molar-refractivity contribution in [3.05, 3.63) is 24.3 Å². The van der Waals surface area contributed by atoms with Crippen LogP contribution in [0.5, 0.6) is 5.75 Å². The first-order valence-corrected chi connectivity index (χ1v) is 9.98. The van der Waals surface area contributed by atoms with Gasteiger partial charge in [0.2, 0.25) is 10.0 Å². The van der Waals surface area contributed by atoms with E-state index in [9.17, 15) is 23.3 Å². The van der Waals surface area contributed by atoms with Crippen LogP contribution in [-0.4, -0.2) is 45.6 Å². The van der Waals surface area contributed by atoms with E-state index in [-0.39, 0.29) is 10.8 Å². The number of hydrogen-bond donors (Lipinski definition) is 2. The summed E-state index contributed by atoms with van der Waals surface area (Å²) in [6.07, 6.45) is 0. The van der Waals surface area contributed by atoms with Gasteiger partial charge in [0.15, 0.2) is 6.61 Å². The number of nitrogens with zero attached hydrogens (tertiary/aromatic N) is 1. The van der Waals surface area contributed by atoms with Crippen molar-refractivity contribution in [3.63, 3.8) is 0 Å². The van der Waals surface area contributed by atoms with Gasteiger partial charge in [-0.15, -0.1) is 0 Å². The summed E-state index contributed by atoms with van der Waals surface area (Å²) in [4.78, 5) is 23.9. The Bertz CT molecular complexity index is 845. The number of carbonyl (C=O) groups excluding carboxylic acids is 2. The predicted molar refractivity (Wildman–Crippen MR) is 101 cm³/mol. The van der Waals surface area contributed by atoms with E-state index >= 15 is 0 Å². The number of benzene rings is 1. The number of ether oxygens (including phenoxy) is 2. The molecule has 1 rings (SSSR count). The van der Waals surface area contributed by atoms with Crippen molar-refractivity contribution in [2.24, 2.45) is 5.92 Å². The van der Waals surface area contributed by atoms with E-state index in [1.165, 1.54) is 38.3 Å². The fourth-order valence-electron chi connectivity index (χ4n) is 1.99. The van der Waals surface area contributed by atoms with Crippen LogP contribution in [0.4, 0.5) is 0 Å². The monoisotopic (exact) mass is 411 g/mol. The van der Waals surface area contributed by atoms with E-state index in [0.29, 0.717) is 5.75 Å². The molecule has 0 spiro atoms. The molecule has 2 N–H and O–H groups in total. The van der Waals surface area contributed by atoms with E-state index < -0.39 is 40.1 Å². The topological polar surface area (TPSA) is 135 Å². The molecule has 1 aromatic rings. The SMILES string of the molecule is COc1ccc(S(=O)(=O)N[C@@H](C)C(=O)OCC(=O)N[C@](C)(C#N)C(C)C)cc1. The summed E-state index contributed by atoms with van der Waals surface area (Å²) in [5.74, 6) is -1.25. The van der Waals surface area contributed by atoms with Crippen LogP contribution in [0.25, 0.3) is 0 Å². The lowest BCUT2D eigenvalue weighted by Crippen LogP contribution is -2.50. The lowest BCUT2D eigenvalue weighted by Gasteiger charge is -2.27. The summed E-state index contributed by atoms with van der Waals surface area (Å²) in [7, 11) is -2.51. The zero-order valence-corrected chi connectivity index (χ0v) is 17.3. The third-order valence-corrected chi connectivity index (χ3v) is 5.74. The van der Waals surface area contributed by atoms with Crippen molar-refractivity contribution in [2.45, 2.75) is 44.2 Å². The Hall–Kier alpha value is -2.64. The van der Waals surface area contributed by atoms with Crippen molar-refractivity contribution in [2.75, 3.05) is 13.7 Å². The van der Waals surface area contributed by atoms with Crippen LogP contribution in [0.2, 0.25) is 0 Å². The highest BCUT2D eigenvalue weighted by Crippen LogP contribution is 2.16. The third kappa shape index (κ3) is 6.21. The number of methoxy groups -OCH3 is 1. The Morgan fingerprint density at radius 1 is 1.21 bits per heavy atom. The Kier molecular flexibility index (Phi) is 7.96. The van der Waals surface area contributed by atoms with Crippen LogP contribution in [-0.2, 0) is 24.3 Å². The Labute approximate surface area is 165 Å². The number of amides is 1. The summed E-state index contributed by atoms with van der Waals surface area (Å²) in [6.45, 7) is 5.77. The minimum atomic E-state index is -3.96. The van der Waals surface area contributed by atoms with Gasteiger partial charge < -0.3 is 14.8 Å². The maximum absolute atomic E-state index is 12.3. The van der Waals surface area contributed by atoms with Gasteiger partial charge in [-0.1, -0.05) is 13.8 Å². The molecule has 28 heavy (non-hydrogen) atoms. The summed E-state index contributed by atoms with van der Waals surface area (Å²) in [5.41, 5.74) is -1.11. The van der Waals surface area contributed by atoms with Gasteiger partial charge >= 0.3 is 5.97 Å². The Morgan fingerprint density at radius 2 is 1.79 bits per heavy atom. The maximum atomic E-state index is 12.3. The molecule has 0 radical (unpaired) electrons. The van der Waals surface area contributed by atoms with Crippen molar-refractivity contribution in [3.8, 4) is 11.8 Å². The fourth-order valence-corrected chi connectivity index (χ4v) is 3.18. The molecule has 2 atom stereocenters. The summed E-state index contributed by atoms with van der Waals surface area (Å²) >= 11 is 0. The highest BCUT2D eigenvalue weighted by atomic mass is 32.2. The zero-order chi connectivity index (χ0) is 21.5. The second kappa shape index (κ2) is 9.52. The summed E-state index contributed by atoms with van der Waals surface area (Å²) in [6, 6.07) is 6.41. The maximum Gasteiger partial charge on any atom is 0.324 e. The molecule has 0 aromatic heterocycles. The van der Waals surface area contributed by atoms with Gasteiger partial charge in [-0.25, -0.2) is 8.42 Å². The van der Waals surface area contributed by atoms with E-state index in [1.807, 2.05) is 6.07 Å². The number of esters is 1. The molecule has 0 aliphatic heterocycles. The van der Waals surface area contributed by atoms with Crippen LogP contribution in [0.15, 0.2) is 29.2 Å². The number of carbonyl (C=O) groups is 2. The minimum Gasteiger partial charge on any atom is -0.497 e. The Morgan fingerprint density at radius 3 is 2.25 bits per heavy atom. The lowest BCUT2D eigenvalue weighted by molar-refractivity contribution is -0.150. The van der Waals surface area contributed by atoms with Gasteiger partial charge in [0.25, 0.3) is 5.91 Å². The van der Waals surface area contributed by atoms with Crippen LogP contribution >= 0.6 is 0 Å². The standard InChI is InChI=1S/C18H25N3O6S/c1-12(2)18(4,11-19)20-16(22)10-27-17(23)13(3)21-28(24,25)15-8-6-14(26-5)7-9-15/h6-9,12-13,21H,10H2,1-5H3,(H,20,22)/t13-,18+/m0/s1. The van der Waals surface area contributed by atoms with Crippen LogP contribution < -0.4 is 14.8 Å². The van der Waals surface area contributed by atoms with Gasteiger partial charge in [-0.05, 0) is 44.0 Å². The Balaban J connectivity index is 2.65. The summed E-state index contributed by atoms with van der Waals surface area (Å²) < 4.78 is 36.6. The first-order valence-electron chi connectivity index (χ1n) is 8.50. The molecule has 1 amide bonds. The smallest absolute Gasteiger partial charge is 0.324 e. The predicted octanol–water partition coefficient (Wildman–Crippen LogP) is 0.960. The number of hydrogen-bond acceptors (Lipinski definition) is 7. The number of sulfonamides is 1. The third-order valence-electron chi connectivity index (χ3n) is 4.19. The normalized spacial score (nSPS) is 14.5. The van der Waals surface area contributed by atoms with Gasteiger partial charge in [-0.3, -0.25) is 9.59 Å². The van der Waals surface area contributed by atoms with Crippen LogP contribution in [0.3, 0.4) is 0 Å². The first-order chi connectivity index (χ1) is 12.9. The first kappa shape index (κ1) is 23.4. The molecule has 0 saturated heterocycles. The van der Waals surface area contributed by atoms with Gasteiger partial charge in [0, 0.05) is 0 Å². The molecule has 0 aliphatic carbocycles. The number of rotatable bonds is 9. The molecule has 0 saturated carbocycles. The molecule has 0 aliphatic rings. The van der Waals surface area contributed by atoms with Crippen molar-refractivity contribution >= 4 is 21.9 Å². The van der Waals surface area contributed by atoms with E-state index in [0.717, 1.165) is 0 Å². The van der Waals surface area contributed by atoms with Crippen LogP contribution in [0, 0.1) is 17.2 Å². The molecule has 9 nitrogen and oxygen atoms in total. The highest BCUT2D eigenvalue weighted by Gasteiger charge is 2.30. The van der Waals surface area contributed by atoms with Gasteiger partial charge in [0.05, 0.1) is 18.1 Å². The molecule has 154 valence electrons. The molecular formula is C18H25N3O6S. The van der Waals surface area contributed by atoms with Crippen molar-refractivity contribution in [1.82, 2.24) is 10.0 Å². The van der Waals surface area contributed by atoms with Gasteiger partial charge in [0.1, 0.15) is 17.3 Å². The highest BCUT2D eigenvalue weighted by molar-refractivity contribution is 7.89. The second-order valence-corrected chi connectivity index (χ2v) is 8.36. The van der Waals surface area contributed by atoms with Crippen molar-refractivity contribution in [1.29, 1.82) is 5.26 Å². The molecule has 0 fully saturated rings. The minimum absolute atomic E-state index is 0.0487. The number of nitrogens with one attached hydrogen (secondary N) is 2. The second-order valence-electron chi connectivity index (χ2n) is 6.64. The fraction of sp³-hybridized carbons (Fsp3) is 0.500. The lowest BCUT2D eigenvalue weighted by atomic mass is 9.90. The summed E-state index contributed by atoms with van der Waals surface area (Å²) in [5, 5.41) is 11.7. The molecule has 0 heterocycles. The zero-order valence-electron chi connectivity index (χ0n) is 16.5. The molecule has 0 bridgehead atoms. The molecular weight excluding hydrogens is 386 g/mol. The largest absolute Gasteiger partial charge is 0.497 e. The van der Waals surface area contributed by atoms with Crippen molar-refractivity contribution < 1.29 is 27.5 Å². The van der Waals surface area contributed by atoms with E-state index in [2.05, 4.69) is 10.0 Å².